The summed E-state index contributed by atoms with van der Waals surface area (Å²) < 4.78 is 37.0. The van der Waals surface area contributed by atoms with Crippen LogP contribution in [0.1, 0.15) is 17.7 Å². The molecule has 0 aliphatic carbocycles. The minimum atomic E-state index is -4.40. The maximum Gasteiger partial charge on any atom is 0.433 e. The minimum absolute atomic E-state index is 0.450. The molecule has 1 aromatic heterocycles. The first kappa shape index (κ1) is 9.89. The van der Waals surface area contributed by atoms with E-state index in [0.717, 1.165) is 12.3 Å². The van der Waals surface area contributed by atoms with Crippen molar-refractivity contribution in [2.75, 3.05) is 0 Å². The van der Waals surface area contributed by atoms with Gasteiger partial charge in [-0.05, 0) is 12.1 Å². The number of allylic oxidation sites excluding steroid dienone is 1. The highest BCUT2D eigenvalue weighted by atomic mass is 19.4. The van der Waals surface area contributed by atoms with E-state index in [1.165, 1.54) is 6.07 Å². The van der Waals surface area contributed by atoms with Gasteiger partial charge in [0.2, 0.25) is 0 Å². The summed E-state index contributed by atoms with van der Waals surface area (Å²) in [5.74, 6) is 0. The molecule has 0 fully saturated rings. The molecule has 0 amide bonds. The van der Waals surface area contributed by atoms with E-state index in [9.17, 15) is 13.2 Å². The van der Waals surface area contributed by atoms with Crippen LogP contribution in [-0.2, 0) is 6.18 Å². The highest BCUT2D eigenvalue weighted by Gasteiger charge is 2.32. The topological polar surface area (TPSA) is 25.2 Å². The quantitative estimate of drug-likeness (QED) is 0.702. The number of aliphatic imine (C=N–C) groups is 1. The largest absolute Gasteiger partial charge is 0.433 e. The van der Waals surface area contributed by atoms with Crippen LogP contribution in [0.3, 0.4) is 0 Å². The van der Waals surface area contributed by atoms with Crippen molar-refractivity contribution < 1.29 is 13.2 Å². The minimum Gasteiger partial charge on any atom is -0.261 e. The average molecular weight is 212 g/mol. The lowest BCUT2D eigenvalue weighted by atomic mass is 10.1. The van der Waals surface area contributed by atoms with Gasteiger partial charge in [0, 0.05) is 24.4 Å². The Hall–Kier alpha value is -1.65. The number of pyridine rings is 1. The highest BCUT2D eigenvalue weighted by Crippen LogP contribution is 2.29. The molecule has 2 nitrogen and oxygen atoms in total. The van der Waals surface area contributed by atoms with Crippen LogP contribution < -0.4 is 0 Å². The zero-order valence-corrected chi connectivity index (χ0v) is 7.62. The third kappa shape index (κ3) is 2.06. The summed E-state index contributed by atoms with van der Waals surface area (Å²) in [5, 5.41) is 0. The predicted molar refractivity (Wildman–Crippen MR) is 50.3 cm³/mol. The lowest BCUT2D eigenvalue weighted by molar-refractivity contribution is -0.141. The fourth-order valence-corrected chi connectivity index (χ4v) is 1.31. The lowest BCUT2D eigenvalue weighted by Gasteiger charge is -2.06. The standard InChI is InChI=1S/C10H7F3N2/c11-10(12,13)9-6-7(3-5-15-9)8-2-1-4-14-8/h2-6H,1H2. The van der Waals surface area contributed by atoms with Crippen LogP contribution in [0.4, 0.5) is 13.2 Å². The summed E-state index contributed by atoms with van der Waals surface area (Å²) in [6, 6.07) is 2.53. The molecule has 1 aliphatic heterocycles. The smallest absolute Gasteiger partial charge is 0.261 e. The van der Waals surface area contributed by atoms with Crippen molar-refractivity contribution in [3.05, 3.63) is 35.7 Å². The van der Waals surface area contributed by atoms with Gasteiger partial charge in [-0.25, -0.2) is 0 Å². The lowest BCUT2D eigenvalue weighted by Crippen LogP contribution is -2.07. The van der Waals surface area contributed by atoms with Crippen molar-refractivity contribution in [1.82, 2.24) is 4.98 Å². The fraction of sp³-hybridized carbons (Fsp3) is 0.200. The summed E-state index contributed by atoms with van der Waals surface area (Å²) in [6.45, 7) is 0. The zero-order chi connectivity index (χ0) is 10.9. The third-order valence-electron chi connectivity index (χ3n) is 1.99. The number of alkyl halides is 3. The number of nitrogens with zero attached hydrogens (tertiary/aromatic N) is 2. The van der Waals surface area contributed by atoms with Crippen LogP contribution in [-0.4, -0.2) is 11.2 Å². The van der Waals surface area contributed by atoms with Crippen LogP contribution in [0.2, 0.25) is 0 Å². The van der Waals surface area contributed by atoms with Crippen molar-refractivity contribution in [3.63, 3.8) is 0 Å². The van der Waals surface area contributed by atoms with Gasteiger partial charge in [-0.2, -0.15) is 13.2 Å². The van der Waals surface area contributed by atoms with Gasteiger partial charge in [0.25, 0.3) is 0 Å². The number of aromatic nitrogens is 1. The molecule has 78 valence electrons. The van der Waals surface area contributed by atoms with E-state index in [2.05, 4.69) is 9.98 Å². The van der Waals surface area contributed by atoms with Gasteiger partial charge in [-0.15, -0.1) is 0 Å². The van der Waals surface area contributed by atoms with Gasteiger partial charge in [0.1, 0.15) is 5.69 Å². The molecule has 0 atom stereocenters. The van der Waals surface area contributed by atoms with Gasteiger partial charge in [-0.1, -0.05) is 6.08 Å². The van der Waals surface area contributed by atoms with Gasteiger partial charge >= 0.3 is 6.18 Å². The summed E-state index contributed by atoms with van der Waals surface area (Å²) in [6.07, 6.45) is 0.837. The van der Waals surface area contributed by atoms with Crippen molar-refractivity contribution in [2.45, 2.75) is 12.6 Å². The molecular weight excluding hydrogens is 205 g/mol. The van der Waals surface area contributed by atoms with Crippen LogP contribution >= 0.6 is 0 Å². The molecule has 5 heteroatoms. The first-order valence-electron chi connectivity index (χ1n) is 4.34. The third-order valence-corrected chi connectivity index (χ3v) is 1.99. The monoisotopic (exact) mass is 212 g/mol. The maximum atomic E-state index is 12.3. The van der Waals surface area contributed by atoms with E-state index >= 15 is 0 Å². The molecule has 0 bridgehead atoms. The van der Waals surface area contributed by atoms with E-state index in [1.54, 1.807) is 12.3 Å². The average Bonchev–Trinajstić information content (AvgIpc) is 2.69. The van der Waals surface area contributed by atoms with E-state index in [4.69, 9.17) is 0 Å². The number of rotatable bonds is 1. The van der Waals surface area contributed by atoms with E-state index in [1.807, 2.05) is 0 Å². The van der Waals surface area contributed by atoms with Crippen molar-refractivity contribution in [3.8, 4) is 0 Å². The predicted octanol–water partition coefficient (Wildman–Crippen LogP) is 2.92. The van der Waals surface area contributed by atoms with Crippen LogP contribution in [0.5, 0.6) is 0 Å². The Morgan fingerprint density at radius 1 is 1.27 bits per heavy atom. The maximum absolute atomic E-state index is 12.3. The molecule has 0 unspecified atom stereocenters. The second-order valence-electron chi connectivity index (χ2n) is 3.06. The van der Waals surface area contributed by atoms with Crippen molar-refractivity contribution >= 4 is 11.9 Å². The molecule has 0 aromatic carbocycles. The SMILES string of the molecule is FC(F)(F)c1cc(C2=CCC=N2)ccn1. The molecule has 0 saturated carbocycles. The molecular formula is C10H7F3N2. The Bertz CT molecular complexity index is 433. The molecule has 0 saturated heterocycles. The Balaban J connectivity index is 2.39. The normalized spacial score (nSPS) is 15.5. The second-order valence-corrected chi connectivity index (χ2v) is 3.06. The molecule has 2 heterocycles. The Labute approximate surface area is 84.2 Å². The van der Waals surface area contributed by atoms with E-state index in [0.29, 0.717) is 17.7 Å². The molecule has 1 aliphatic rings. The highest BCUT2D eigenvalue weighted by molar-refractivity contribution is 5.81. The van der Waals surface area contributed by atoms with Crippen molar-refractivity contribution in [2.24, 2.45) is 4.99 Å². The van der Waals surface area contributed by atoms with Crippen LogP contribution in [0.15, 0.2) is 29.4 Å². The van der Waals surface area contributed by atoms with Crippen molar-refractivity contribution in [1.29, 1.82) is 0 Å². The molecule has 2 rings (SSSR count). The molecule has 0 radical (unpaired) electrons. The van der Waals surface area contributed by atoms with Gasteiger partial charge in [0.05, 0.1) is 5.70 Å². The first-order valence-corrected chi connectivity index (χ1v) is 4.34. The van der Waals surface area contributed by atoms with Crippen LogP contribution in [0, 0.1) is 0 Å². The second kappa shape index (κ2) is 3.49. The summed E-state index contributed by atoms with van der Waals surface area (Å²) in [7, 11) is 0. The molecule has 1 aromatic rings. The number of hydrogen-bond acceptors (Lipinski definition) is 2. The summed E-state index contributed by atoms with van der Waals surface area (Å²) in [5.41, 5.74) is 0.136. The van der Waals surface area contributed by atoms with E-state index in [-0.39, 0.29) is 0 Å². The van der Waals surface area contributed by atoms with Gasteiger partial charge in [0.15, 0.2) is 0 Å². The Kier molecular flexibility index (Phi) is 2.30. The molecule has 15 heavy (non-hydrogen) atoms. The van der Waals surface area contributed by atoms with E-state index < -0.39 is 11.9 Å². The number of halogens is 3. The fourth-order valence-electron chi connectivity index (χ4n) is 1.31. The Morgan fingerprint density at radius 2 is 2.07 bits per heavy atom. The number of hydrogen-bond donors (Lipinski definition) is 0. The Morgan fingerprint density at radius 3 is 2.67 bits per heavy atom. The van der Waals surface area contributed by atoms with Gasteiger partial charge in [-0.3, -0.25) is 9.98 Å². The van der Waals surface area contributed by atoms with Gasteiger partial charge < -0.3 is 0 Å². The summed E-state index contributed by atoms with van der Waals surface area (Å²) >= 11 is 0. The molecule has 0 spiro atoms. The zero-order valence-electron chi connectivity index (χ0n) is 7.62. The molecule has 0 N–H and O–H groups in total. The first-order chi connectivity index (χ1) is 7.07. The van der Waals surface area contributed by atoms with Crippen LogP contribution in [0.25, 0.3) is 5.70 Å². The summed E-state index contributed by atoms with van der Waals surface area (Å²) in [4.78, 5) is 7.25.